The van der Waals surface area contributed by atoms with Crippen LogP contribution in [0.5, 0.6) is 0 Å². The predicted octanol–water partition coefficient (Wildman–Crippen LogP) is 1.87. The highest BCUT2D eigenvalue weighted by Gasteiger charge is 2.21. The monoisotopic (exact) mass is 358 g/mol. The first-order chi connectivity index (χ1) is 12.4. The molecule has 6 heteroatoms. The summed E-state index contributed by atoms with van der Waals surface area (Å²) in [7, 11) is 3.89. The fourth-order valence-electron chi connectivity index (χ4n) is 2.70. The van der Waals surface area contributed by atoms with Crippen molar-refractivity contribution in [3.8, 4) is 0 Å². The van der Waals surface area contributed by atoms with Gasteiger partial charge in [-0.1, -0.05) is 30.3 Å². The largest absolute Gasteiger partial charge is 0.469 e. The van der Waals surface area contributed by atoms with E-state index < -0.39 is 5.60 Å². The zero-order valence-electron chi connectivity index (χ0n) is 15.9. The molecule has 1 aromatic carbocycles. The van der Waals surface area contributed by atoms with E-state index in [0.717, 1.165) is 17.7 Å². The number of aliphatic hydroxyl groups is 1. The number of guanidine groups is 1. The lowest BCUT2D eigenvalue weighted by Gasteiger charge is -2.28. The van der Waals surface area contributed by atoms with E-state index in [1.165, 1.54) is 0 Å². The van der Waals surface area contributed by atoms with Crippen LogP contribution in [0.15, 0.2) is 58.1 Å². The Hall–Kier alpha value is -2.31. The van der Waals surface area contributed by atoms with Gasteiger partial charge >= 0.3 is 0 Å². The number of benzene rings is 1. The number of nitrogens with one attached hydrogen (secondary N) is 2. The standard InChI is InChI=1S/C20H30N4O2/c1-20(25,16-24(2)3)15-23-19(21-12-11-18-10-7-13-26-18)22-14-17-8-5-4-6-9-17/h4-10,13,25H,11-12,14-16H2,1-3H3,(H2,21,22,23). The molecule has 0 aliphatic carbocycles. The summed E-state index contributed by atoms with van der Waals surface area (Å²) in [5.74, 6) is 1.61. The number of hydrogen-bond acceptors (Lipinski definition) is 4. The highest BCUT2D eigenvalue weighted by molar-refractivity contribution is 5.79. The van der Waals surface area contributed by atoms with Gasteiger partial charge in [0.25, 0.3) is 0 Å². The molecule has 3 N–H and O–H groups in total. The third-order valence-electron chi connectivity index (χ3n) is 3.80. The van der Waals surface area contributed by atoms with Gasteiger partial charge in [0.2, 0.25) is 0 Å². The first-order valence-corrected chi connectivity index (χ1v) is 8.90. The minimum absolute atomic E-state index is 0.409. The van der Waals surface area contributed by atoms with Gasteiger partial charge in [0.1, 0.15) is 5.76 Å². The first-order valence-electron chi connectivity index (χ1n) is 8.90. The molecule has 0 aliphatic heterocycles. The molecule has 0 aliphatic rings. The number of furan rings is 1. The second-order valence-corrected chi connectivity index (χ2v) is 6.99. The second kappa shape index (κ2) is 9.99. The summed E-state index contributed by atoms with van der Waals surface area (Å²) in [6.45, 7) is 4.07. The van der Waals surface area contributed by atoms with Crippen LogP contribution in [0.2, 0.25) is 0 Å². The van der Waals surface area contributed by atoms with Crippen LogP contribution in [0.4, 0.5) is 0 Å². The highest BCUT2D eigenvalue weighted by atomic mass is 16.3. The molecule has 2 rings (SSSR count). The van der Waals surface area contributed by atoms with E-state index >= 15 is 0 Å². The van der Waals surface area contributed by atoms with Crippen LogP contribution < -0.4 is 10.6 Å². The molecule has 0 amide bonds. The third kappa shape index (κ3) is 7.72. The highest BCUT2D eigenvalue weighted by Crippen LogP contribution is 2.04. The van der Waals surface area contributed by atoms with Crippen LogP contribution in [0, 0.1) is 0 Å². The summed E-state index contributed by atoms with van der Waals surface area (Å²) in [6, 6.07) is 13.9. The van der Waals surface area contributed by atoms with Gasteiger partial charge in [-0.05, 0) is 38.7 Å². The second-order valence-electron chi connectivity index (χ2n) is 6.99. The van der Waals surface area contributed by atoms with E-state index in [1.54, 1.807) is 6.26 Å². The molecule has 6 nitrogen and oxygen atoms in total. The quantitative estimate of drug-likeness (QED) is 0.471. The van der Waals surface area contributed by atoms with E-state index in [9.17, 15) is 5.11 Å². The topological polar surface area (TPSA) is 73.0 Å². The van der Waals surface area contributed by atoms with E-state index in [2.05, 4.69) is 15.6 Å². The lowest BCUT2D eigenvalue weighted by molar-refractivity contribution is 0.0377. The van der Waals surface area contributed by atoms with Crippen LogP contribution in [-0.2, 0) is 13.0 Å². The summed E-state index contributed by atoms with van der Waals surface area (Å²) in [6.07, 6.45) is 2.45. The predicted molar refractivity (Wildman–Crippen MR) is 105 cm³/mol. The van der Waals surface area contributed by atoms with Gasteiger partial charge < -0.3 is 25.1 Å². The van der Waals surface area contributed by atoms with Crippen molar-refractivity contribution < 1.29 is 9.52 Å². The fraction of sp³-hybridized carbons (Fsp3) is 0.450. The normalized spacial score (nSPS) is 14.3. The van der Waals surface area contributed by atoms with Crippen molar-refractivity contribution in [1.82, 2.24) is 15.5 Å². The summed E-state index contributed by atoms with van der Waals surface area (Å²) in [5, 5.41) is 17.0. The van der Waals surface area contributed by atoms with Crippen LogP contribution in [0.3, 0.4) is 0 Å². The minimum Gasteiger partial charge on any atom is -0.469 e. The Morgan fingerprint density at radius 3 is 2.58 bits per heavy atom. The number of nitrogens with zero attached hydrogens (tertiary/aromatic N) is 2. The molecule has 0 saturated carbocycles. The summed E-state index contributed by atoms with van der Waals surface area (Å²) >= 11 is 0. The van der Waals surface area contributed by atoms with Gasteiger partial charge in [-0.3, -0.25) is 0 Å². The number of rotatable bonds is 9. The molecule has 0 bridgehead atoms. The molecule has 2 aromatic rings. The molecule has 0 spiro atoms. The van der Waals surface area contributed by atoms with Crippen LogP contribution >= 0.6 is 0 Å². The average molecular weight is 358 g/mol. The van der Waals surface area contributed by atoms with Crippen molar-refractivity contribution >= 4 is 5.96 Å². The summed E-state index contributed by atoms with van der Waals surface area (Å²) in [5.41, 5.74) is 0.291. The summed E-state index contributed by atoms with van der Waals surface area (Å²) in [4.78, 5) is 6.60. The molecular weight excluding hydrogens is 328 g/mol. The first kappa shape index (κ1) is 20.0. The average Bonchev–Trinajstić information content (AvgIpc) is 3.10. The van der Waals surface area contributed by atoms with Gasteiger partial charge in [0, 0.05) is 26.1 Å². The Balaban J connectivity index is 1.93. The van der Waals surface area contributed by atoms with Crippen molar-refractivity contribution in [2.45, 2.75) is 25.5 Å². The van der Waals surface area contributed by atoms with E-state index in [0.29, 0.717) is 32.1 Å². The molecule has 0 fully saturated rings. The minimum atomic E-state index is -0.848. The fourth-order valence-corrected chi connectivity index (χ4v) is 2.70. The van der Waals surface area contributed by atoms with Crippen molar-refractivity contribution in [2.75, 3.05) is 33.7 Å². The van der Waals surface area contributed by atoms with Gasteiger partial charge in [-0.25, -0.2) is 4.99 Å². The Bertz CT molecular complexity index is 652. The molecule has 26 heavy (non-hydrogen) atoms. The lowest BCUT2D eigenvalue weighted by Crippen LogP contribution is -2.50. The van der Waals surface area contributed by atoms with Gasteiger partial charge in [-0.2, -0.15) is 0 Å². The molecule has 1 atom stereocenters. The zero-order valence-corrected chi connectivity index (χ0v) is 15.9. The third-order valence-corrected chi connectivity index (χ3v) is 3.80. The van der Waals surface area contributed by atoms with Crippen molar-refractivity contribution in [3.05, 3.63) is 60.1 Å². The molecular formula is C20H30N4O2. The van der Waals surface area contributed by atoms with Gasteiger partial charge in [-0.15, -0.1) is 0 Å². The van der Waals surface area contributed by atoms with Crippen LogP contribution in [0.1, 0.15) is 18.2 Å². The van der Waals surface area contributed by atoms with Crippen molar-refractivity contribution in [1.29, 1.82) is 0 Å². The van der Waals surface area contributed by atoms with E-state index in [4.69, 9.17) is 4.42 Å². The molecule has 0 radical (unpaired) electrons. The van der Waals surface area contributed by atoms with Crippen LogP contribution in [0.25, 0.3) is 0 Å². The van der Waals surface area contributed by atoms with Crippen LogP contribution in [-0.4, -0.2) is 55.3 Å². The van der Waals surface area contributed by atoms with Gasteiger partial charge in [0.15, 0.2) is 5.96 Å². The van der Waals surface area contributed by atoms with E-state index in [1.807, 2.05) is 68.4 Å². The van der Waals surface area contributed by atoms with Crippen molar-refractivity contribution in [2.24, 2.45) is 4.99 Å². The molecule has 1 aromatic heterocycles. The molecule has 142 valence electrons. The zero-order chi connectivity index (χ0) is 18.8. The number of likely N-dealkylation sites (N-methyl/N-ethyl adjacent to an activating group) is 1. The van der Waals surface area contributed by atoms with E-state index in [-0.39, 0.29) is 0 Å². The molecule has 0 saturated heterocycles. The Labute approximate surface area is 155 Å². The Morgan fingerprint density at radius 2 is 1.92 bits per heavy atom. The van der Waals surface area contributed by atoms with Gasteiger partial charge in [0.05, 0.1) is 18.4 Å². The maximum Gasteiger partial charge on any atom is 0.191 e. The maximum absolute atomic E-state index is 10.5. The SMILES string of the molecule is CN(C)CC(C)(O)CNC(=NCc1ccccc1)NCCc1ccco1. The number of aliphatic imine (C=N–C) groups is 1. The smallest absolute Gasteiger partial charge is 0.191 e. The Morgan fingerprint density at radius 1 is 1.15 bits per heavy atom. The van der Waals surface area contributed by atoms with Crippen molar-refractivity contribution in [3.63, 3.8) is 0 Å². The number of hydrogen-bond donors (Lipinski definition) is 3. The Kier molecular flexibility index (Phi) is 7.69. The summed E-state index contributed by atoms with van der Waals surface area (Å²) < 4.78 is 5.36. The maximum atomic E-state index is 10.5. The molecule has 1 unspecified atom stereocenters. The molecule has 1 heterocycles. The lowest BCUT2D eigenvalue weighted by atomic mass is 10.1.